The fraction of sp³-hybridized carbons (Fsp3) is 0.607. The number of nitrogens with one attached hydrogen (secondary N) is 1. The minimum atomic E-state index is -0.310. The zero-order valence-corrected chi connectivity index (χ0v) is 21.8. The van der Waals surface area contributed by atoms with Crippen LogP contribution in [0.15, 0.2) is 46.0 Å². The summed E-state index contributed by atoms with van der Waals surface area (Å²) in [6.45, 7) is 7.64. The number of carbonyl (C=O) groups is 1. The summed E-state index contributed by atoms with van der Waals surface area (Å²) in [5.74, 6) is 1.35. The first-order valence-corrected chi connectivity index (χ1v) is 13.6. The number of benzene rings is 1. The van der Waals surface area contributed by atoms with Crippen molar-refractivity contribution in [2.24, 2.45) is 18.9 Å². The van der Waals surface area contributed by atoms with E-state index >= 15 is 0 Å². The number of piperidine rings is 2. The van der Waals surface area contributed by atoms with Gasteiger partial charge in [0.1, 0.15) is 5.82 Å². The molecule has 0 unspecified atom stereocenters. The van der Waals surface area contributed by atoms with Crippen molar-refractivity contribution in [3.05, 3.63) is 62.8 Å². The van der Waals surface area contributed by atoms with Gasteiger partial charge in [-0.1, -0.05) is 30.3 Å². The molecule has 2 aliphatic rings. The standard InChI is InChI=1S/C28H41N5O3/c1-3-33-25(20-26(34)30(2)28(33)36)32-16-7-11-24(21-32)27(35)29-14-8-15-31-17-12-23(13-18-31)19-22-9-5-4-6-10-22/h4-6,9-10,20,23-24H,3,7-8,11-19,21H2,1-2H3,(H,29,35)/t24-/m0/s1. The van der Waals surface area contributed by atoms with E-state index in [1.165, 1.54) is 37.9 Å². The monoisotopic (exact) mass is 495 g/mol. The number of nitrogens with zero attached hydrogens (tertiary/aromatic N) is 4. The molecule has 0 spiro atoms. The van der Waals surface area contributed by atoms with Crippen molar-refractivity contribution in [2.75, 3.05) is 44.2 Å². The highest BCUT2D eigenvalue weighted by Crippen LogP contribution is 2.23. The molecule has 8 heteroatoms. The number of hydrogen-bond acceptors (Lipinski definition) is 5. The molecule has 0 bridgehead atoms. The van der Waals surface area contributed by atoms with Crippen molar-refractivity contribution in [3.63, 3.8) is 0 Å². The summed E-state index contributed by atoms with van der Waals surface area (Å²) in [4.78, 5) is 42.2. The Bertz CT molecular complexity index is 1120. The van der Waals surface area contributed by atoms with E-state index < -0.39 is 0 Å². The minimum Gasteiger partial charge on any atom is -0.357 e. The van der Waals surface area contributed by atoms with Gasteiger partial charge in [0, 0.05) is 39.3 Å². The van der Waals surface area contributed by atoms with E-state index in [4.69, 9.17) is 0 Å². The highest BCUT2D eigenvalue weighted by atomic mass is 16.2. The molecule has 2 saturated heterocycles. The van der Waals surface area contributed by atoms with Gasteiger partial charge in [-0.2, -0.15) is 0 Å². The van der Waals surface area contributed by atoms with Gasteiger partial charge in [0.15, 0.2) is 0 Å². The van der Waals surface area contributed by atoms with Crippen LogP contribution in [-0.2, 0) is 24.8 Å². The van der Waals surface area contributed by atoms with Crippen LogP contribution in [0, 0.1) is 11.8 Å². The lowest BCUT2D eigenvalue weighted by molar-refractivity contribution is -0.125. The molecular weight excluding hydrogens is 454 g/mol. The maximum atomic E-state index is 12.9. The third kappa shape index (κ3) is 6.46. The number of aromatic nitrogens is 2. The van der Waals surface area contributed by atoms with Crippen LogP contribution in [0.3, 0.4) is 0 Å². The van der Waals surface area contributed by atoms with Gasteiger partial charge in [-0.05, 0) is 76.6 Å². The van der Waals surface area contributed by atoms with Gasteiger partial charge in [-0.15, -0.1) is 0 Å². The molecule has 0 saturated carbocycles. The summed E-state index contributed by atoms with van der Waals surface area (Å²) in [6, 6.07) is 12.3. The summed E-state index contributed by atoms with van der Waals surface area (Å²) < 4.78 is 2.75. The highest BCUT2D eigenvalue weighted by molar-refractivity contribution is 5.79. The molecule has 4 rings (SSSR count). The van der Waals surface area contributed by atoms with Gasteiger partial charge in [0.2, 0.25) is 5.91 Å². The lowest BCUT2D eigenvalue weighted by Crippen LogP contribution is -2.47. The zero-order chi connectivity index (χ0) is 25.5. The second-order valence-electron chi connectivity index (χ2n) is 10.3. The second kappa shape index (κ2) is 12.4. The quantitative estimate of drug-likeness (QED) is 0.540. The molecule has 0 radical (unpaired) electrons. The van der Waals surface area contributed by atoms with E-state index in [1.807, 2.05) is 11.8 Å². The number of amides is 1. The SMILES string of the molecule is CCn1c(N2CCC[C@H](C(=O)NCCCN3CCC(Cc4ccccc4)CC3)C2)cc(=O)n(C)c1=O. The number of rotatable bonds is 9. The number of likely N-dealkylation sites (tertiary alicyclic amines) is 1. The Morgan fingerprint density at radius 1 is 1.06 bits per heavy atom. The van der Waals surface area contributed by atoms with Crippen LogP contribution in [0.25, 0.3) is 0 Å². The highest BCUT2D eigenvalue weighted by Gasteiger charge is 2.28. The van der Waals surface area contributed by atoms with E-state index in [0.29, 0.717) is 25.5 Å². The summed E-state index contributed by atoms with van der Waals surface area (Å²) in [7, 11) is 1.50. The van der Waals surface area contributed by atoms with E-state index in [9.17, 15) is 14.4 Å². The van der Waals surface area contributed by atoms with Gasteiger partial charge in [0.25, 0.3) is 5.56 Å². The molecule has 1 amide bonds. The molecule has 36 heavy (non-hydrogen) atoms. The van der Waals surface area contributed by atoms with E-state index in [1.54, 1.807) is 4.57 Å². The number of hydrogen-bond donors (Lipinski definition) is 1. The van der Waals surface area contributed by atoms with Crippen molar-refractivity contribution in [1.29, 1.82) is 0 Å². The first-order chi connectivity index (χ1) is 17.5. The summed E-state index contributed by atoms with van der Waals surface area (Å²) in [5.41, 5.74) is 0.818. The molecule has 3 heterocycles. The van der Waals surface area contributed by atoms with E-state index in [2.05, 4.69) is 40.5 Å². The molecule has 1 aromatic heterocycles. The van der Waals surface area contributed by atoms with Crippen LogP contribution < -0.4 is 21.5 Å². The Balaban J connectivity index is 1.20. The Labute approximate surface area is 213 Å². The predicted molar refractivity (Wildman–Crippen MR) is 143 cm³/mol. The van der Waals surface area contributed by atoms with Gasteiger partial charge in [-0.3, -0.25) is 18.7 Å². The molecule has 2 aliphatic heterocycles. The molecule has 1 atom stereocenters. The average Bonchev–Trinajstić information content (AvgIpc) is 2.91. The molecule has 2 fully saturated rings. The molecule has 196 valence electrons. The third-order valence-corrected chi connectivity index (χ3v) is 7.83. The smallest absolute Gasteiger partial charge is 0.332 e. The van der Waals surface area contributed by atoms with Crippen molar-refractivity contribution in [2.45, 2.75) is 52.0 Å². The molecule has 2 aromatic rings. The molecule has 1 N–H and O–H groups in total. The molecule has 1 aromatic carbocycles. The van der Waals surface area contributed by atoms with Crippen molar-refractivity contribution >= 4 is 11.7 Å². The summed E-state index contributed by atoms with van der Waals surface area (Å²) in [5, 5.41) is 3.14. The largest absolute Gasteiger partial charge is 0.357 e. The average molecular weight is 496 g/mol. The topological polar surface area (TPSA) is 79.6 Å². The first kappa shape index (κ1) is 26.2. The van der Waals surface area contributed by atoms with Crippen molar-refractivity contribution in [1.82, 2.24) is 19.4 Å². The van der Waals surface area contributed by atoms with Gasteiger partial charge in [-0.25, -0.2) is 4.79 Å². The van der Waals surface area contributed by atoms with Crippen LogP contribution in [0.2, 0.25) is 0 Å². The van der Waals surface area contributed by atoms with Gasteiger partial charge >= 0.3 is 5.69 Å². The summed E-state index contributed by atoms with van der Waals surface area (Å²) in [6.07, 6.45) is 6.31. The lowest BCUT2D eigenvalue weighted by Gasteiger charge is -2.35. The predicted octanol–water partition coefficient (Wildman–Crippen LogP) is 2.24. The minimum absolute atomic E-state index is 0.0792. The lowest BCUT2D eigenvalue weighted by atomic mass is 9.90. The number of anilines is 1. The maximum Gasteiger partial charge on any atom is 0.332 e. The first-order valence-electron chi connectivity index (χ1n) is 13.6. The van der Waals surface area contributed by atoms with Gasteiger partial charge in [0.05, 0.1) is 5.92 Å². The van der Waals surface area contributed by atoms with Crippen molar-refractivity contribution in [3.8, 4) is 0 Å². The number of carbonyl (C=O) groups excluding carboxylic acids is 1. The Morgan fingerprint density at radius 3 is 2.53 bits per heavy atom. The molecular formula is C28H41N5O3. The zero-order valence-electron chi connectivity index (χ0n) is 21.8. The Hall–Kier alpha value is -2.87. The second-order valence-corrected chi connectivity index (χ2v) is 10.3. The maximum absolute atomic E-state index is 12.9. The van der Waals surface area contributed by atoms with E-state index in [-0.39, 0.29) is 23.1 Å². The fourth-order valence-electron chi connectivity index (χ4n) is 5.64. The third-order valence-electron chi connectivity index (χ3n) is 7.83. The van der Waals surface area contributed by atoms with Crippen LogP contribution >= 0.6 is 0 Å². The Kier molecular flexibility index (Phi) is 9.02. The van der Waals surface area contributed by atoms with E-state index in [0.717, 1.165) is 55.9 Å². The van der Waals surface area contributed by atoms with Crippen LogP contribution in [0.5, 0.6) is 0 Å². The van der Waals surface area contributed by atoms with Gasteiger partial charge < -0.3 is 15.1 Å². The normalized spacial score (nSPS) is 19.4. The van der Waals surface area contributed by atoms with Crippen molar-refractivity contribution < 1.29 is 4.79 Å². The molecule has 0 aliphatic carbocycles. The van der Waals surface area contributed by atoms with Crippen LogP contribution in [0.4, 0.5) is 5.82 Å². The summed E-state index contributed by atoms with van der Waals surface area (Å²) >= 11 is 0. The fourth-order valence-corrected chi connectivity index (χ4v) is 5.64. The Morgan fingerprint density at radius 2 is 1.81 bits per heavy atom. The van der Waals surface area contributed by atoms with Crippen LogP contribution in [0.1, 0.15) is 44.6 Å². The molecule has 8 nitrogen and oxygen atoms in total. The van der Waals surface area contributed by atoms with Crippen LogP contribution in [-0.4, -0.2) is 59.2 Å².